The van der Waals surface area contributed by atoms with E-state index in [1.807, 2.05) is 19.1 Å². The first-order valence-corrected chi connectivity index (χ1v) is 7.99. The monoisotopic (exact) mass is 305 g/mol. The van der Waals surface area contributed by atoms with Gasteiger partial charge in [0.1, 0.15) is 18.5 Å². The summed E-state index contributed by atoms with van der Waals surface area (Å²) in [7, 11) is 0. The lowest BCUT2D eigenvalue weighted by Gasteiger charge is -2.24. The van der Waals surface area contributed by atoms with Crippen LogP contribution in [-0.2, 0) is 6.42 Å². The Morgan fingerprint density at radius 2 is 2.05 bits per heavy atom. The van der Waals surface area contributed by atoms with Crippen molar-refractivity contribution in [2.45, 2.75) is 58.6 Å². The molecule has 122 valence electrons. The molecule has 0 amide bonds. The van der Waals surface area contributed by atoms with Crippen molar-refractivity contribution in [3.63, 3.8) is 0 Å². The van der Waals surface area contributed by atoms with E-state index >= 15 is 0 Å². The largest absolute Gasteiger partial charge is 0.491 e. The third kappa shape index (κ3) is 4.31. The van der Waals surface area contributed by atoms with Crippen molar-refractivity contribution < 1.29 is 14.6 Å². The van der Waals surface area contributed by atoms with Crippen molar-refractivity contribution in [3.8, 4) is 5.75 Å². The Hall–Kier alpha value is -1.39. The molecular weight excluding hydrogens is 278 g/mol. The highest BCUT2D eigenvalue weighted by Crippen LogP contribution is 2.32. The van der Waals surface area contributed by atoms with Gasteiger partial charge in [-0.2, -0.15) is 0 Å². The van der Waals surface area contributed by atoms with Gasteiger partial charge in [0.2, 0.25) is 0 Å². The first-order valence-electron chi connectivity index (χ1n) is 7.99. The summed E-state index contributed by atoms with van der Waals surface area (Å²) in [6.45, 7) is 8.85. The van der Waals surface area contributed by atoms with Crippen molar-refractivity contribution >= 4 is 5.78 Å². The minimum atomic E-state index is -0.574. The summed E-state index contributed by atoms with van der Waals surface area (Å²) < 4.78 is 5.79. The minimum Gasteiger partial charge on any atom is -0.491 e. The maximum atomic E-state index is 12.1. The molecule has 2 N–H and O–H groups in total. The third-order valence-corrected chi connectivity index (χ3v) is 3.89. The Bertz CT molecular complexity index is 546. The summed E-state index contributed by atoms with van der Waals surface area (Å²) in [5.41, 5.74) is 2.82. The number of aliphatic hydroxyl groups is 1. The number of carbonyl (C=O) groups excluding carboxylic acids is 1. The van der Waals surface area contributed by atoms with Gasteiger partial charge in [-0.05, 0) is 52.2 Å². The first-order chi connectivity index (χ1) is 10.3. The third-order valence-electron chi connectivity index (χ3n) is 3.89. The molecule has 0 bridgehead atoms. The number of β-amino-alcohol motifs (C(OH)–C–C–N with tert-alkyl or cyclic N) is 1. The van der Waals surface area contributed by atoms with Crippen LogP contribution in [0.4, 0.5) is 0 Å². The lowest BCUT2D eigenvalue weighted by atomic mass is 9.87. The predicted molar refractivity (Wildman–Crippen MR) is 87.7 cm³/mol. The zero-order valence-corrected chi connectivity index (χ0v) is 14.0. The van der Waals surface area contributed by atoms with E-state index in [-0.39, 0.29) is 17.9 Å². The number of benzene rings is 1. The van der Waals surface area contributed by atoms with E-state index < -0.39 is 6.10 Å². The van der Waals surface area contributed by atoms with Crippen molar-refractivity contribution in [1.29, 1.82) is 0 Å². The number of fused-ring (bicyclic) bond motifs is 1. The topological polar surface area (TPSA) is 58.6 Å². The normalized spacial score (nSPS) is 16.3. The lowest BCUT2D eigenvalue weighted by molar-refractivity contribution is 0.0956. The Morgan fingerprint density at radius 1 is 1.32 bits per heavy atom. The molecule has 0 fully saturated rings. The van der Waals surface area contributed by atoms with Crippen LogP contribution >= 0.6 is 0 Å². The number of hydrogen-bond acceptors (Lipinski definition) is 4. The van der Waals surface area contributed by atoms with E-state index in [4.69, 9.17) is 4.74 Å². The molecule has 1 aliphatic rings. The first kappa shape index (κ1) is 17.0. The molecule has 1 aromatic rings. The van der Waals surface area contributed by atoms with E-state index in [1.54, 1.807) is 0 Å². The standard InChI is InChI=1S/C18H27NO3/c1-12-8-9-16(14-6-5-7-15(21)17(12)14)22-11-13(20)10-19-18(2,3)4/h8-9,13,19-20H,5-7,10-11H2,1-4H3/t13-/m0/s1. The Labute approximate surface area is 132 Å². The van der Waals surface area contributed by atoms with Gasteiger partial charge in [-0.15, -0.1) is 0 Å². The Balaban J connectivity index is 2.02. The summed E-state index contributed by atoms with van der Waals surface area (Å²) in [5, 5.41) is 13.3. The van der Waals surface area contributed by atoms with Crippen LogP contribution < -0.4 is 10.1 Å². The molecular formula is C18H27NO3. The molecule has 0 aromatic heterocycles. The highest BCUT2D eigenvalue weighted by Gasteiger charge is 2.23. The van der Waals surface area contributed by atoms with Gasteiger partial charge in [0, 0.05) is 29.6 Å². The van der Waals surface area contributed by atoms with Crippen LogP contribution in [0.25, 0.3) is 0 Å². The van der Waals surface area contributed by atoms with Gasteiger partial charge in [-0.1, -0.05) is 6.07 Å². The SMILES string of the molecule is Cc1ccc(OC[C@@H](O)CNC(C)(C)C)c2c1C(=O)CCC2. The van der Waals surface area contributed by atoms with E-state index in [1.165, 1.54) is 0 Å². The van der Waals surface area contributed by atoms with Crippen LogP contribution in [0.2, 0.25) is 0 Å². The molecule has 1 atom stereocenters. The second kappa shape index (κ2) is 6.80. The van der Waals surface area contributed by atoms with E-state index in [0.29, 0.717) is 13.0 Å². The minimum absolute atomic E-state index is 0.0313. The molecule has 0 aliphatic heterocycles. The van der Waals surface area contributed by atoms with Gasteiger partial charge >= 0.3 is 0 Å². The summed E-state index contributed by atoms with van der Waals surface area (Å²) >= 11 is 0. The molecule has 0 saturated heterocycles. The van der Waals surface area contributed by atoms with Gasteiger partial charge in [0.05, 0.1) is 0 Å². The molecule has 1 aromatic carbocycles. The molecule has 0 saturated carbocycles. The van der Waals surface area contributed by atoms with Gasteiger partial charge in [0.25, 0.3) is 0 Å². The average molecular weight is 305 g/mol. The smallest absolute Gasteiger partial charge is 0.163 e. The number of aryl methyl sites for hydroxylation is 1. The van der Waals surface area contributed by atoms with Crippen LogP contribution in [0.3, 0.4) is 0 Å². The van der Waals surface area contributed by atoms with Crippen LogP contribution in [0.5, 0.6) is 5.75 Å². The van der Waals surface area contributed by atoms with E-state index in [2.05, 4.69) is 26.1 Å². The quantitative estimate of drug-likeness (QED) is 0.878. The summed E-state index contributed by atoms with van der Waals surface area (Å²) in [5.74, 6) is 0.947. The van der Waals surface area contributed by atoms with Crippen molar-refractivity contribution in [1.82, 2.24) is 5.32 Å². The predicted octanol–water partition coefficient (Wildman–Crippen LogP) is 2.64. The number of ketones is 1. The van der Waals surface area contributed by atoms with Crippen molar-refractivity contribution in [3.05, 3.63) is 28.8 Å². The zero-order valence-electron chi connectivity index (χ0n) is 14.0. The fourth-order valence-electron chi connectivity index (χ4n) is 2.74. The molecule has 4 nitrogen and oxygen atoms in total. The van der Waals surface area contributed by atoms with Crippen molar-refractivity contribution in [2.75, 3.05) is 13.2 Å². The number of carbonyl (C=O) groups is 1. The van der Waals surface area contributed by atoms with E-state index in [9.17, 15) is 9.90 Å². The number of nitrogens with one attached hydrogen (secondary N) is 1. The Kier molecular flexibility index (Phi) is 5.24. The van der Waals surface area contributed by atoms with Crippen LogP contribution in [0.15, 0.2) is 12.1 Å². The lowest BCUT2D eigenvalue weighted by Crippen LogP contribution is -2.42. The maximum absolute atomic E-state index is 12.1. The molecule has 0 heterocycles. The molecule has 0 radical (unpaired) electrons. The van der Waals surface area contributed by atoms with Gasteiger partial charge in [-0.25, -0.2) is 0 Å². The van der Waals surface area contributed by atoms with Gasteiger partial charge in [-0.3, -0.25) is 4.79 Å². The van der Waals surface area contributed by atoms with Crippen LogP contribution in [0, 0.1) is 6.92 Å². The number of rotatable bonds is 5. The Morgan fingerprint density at radius 3 is 2.73 bits per heavy atom. The summed E-state index contributed by atoms with van der Waals surface area (Å²) in [6, 6.07) is 3.84. The van der Waals surface area contributed by atoms with Crippen LogP contribution in [0.1, 0.15) is 55.1 Å². The number of hydrogen-bond donors (Lipinski definition) is 2. The zero-order chi connectivity index (χ0) is 16.3. The number of Topliss-reactive ketones (excluding diaryl/α,β-unsaturated/α-hetero) is 1. The fourth-order valence-corrected chi connectivity index (χ4v) is 2.74. The van der Waals surface area contributed by atoms with Crippen molar-refractivity contribution in [2.24, 2.45) is 0 Å². The van der Waals surface area contributed by atoms with Gasteiger partial charge < -0.3 is 15.2 Å². The van der Waals surface area contributed by atoms with E-state index in [0.717, 1.165) is 35.3 Å². The highest BCUT2D eigenvalue weighted by molar-refractivity contribution is 6.00. The molecule has 0 spiro atoms. The summed E-state index contributed by atoms with van der Waals surface area (Å²) in [4.78, 5) is 12.1. The van der Waals surface area contributed by atoms with Crippen LogP contribution in [-0.4, -0.2) is 35.7 Å². The highest BCUT2D eigenvalue weighted by atomic mass is 16.5. The summed E-state index contributed by atoms with van der Waals surface area (Å²) in [6.07, 6.45) is 1.79. The molecule has 22 heavy (non-hydrogen) atoms. The maximum Gasteiger partial charge on any atom is 0.163 e. The second-order valence-electron chi connectivity index (χ2n) is 7.11. The van der Waals surface area contributed by atoms with Gasteiger partial charge in [0.15, 0.2) is 5.78 Å². The fraction of sp³-hybridized carbons (Fsp3) is 0.611. The number of ether oxygens (including phenoxy) is 1. The molecule has 2 rings (SSSR count). The molecule has 0 unspecified atom stereocenters. The second-order valence-corrected chi connectivity index (χ2v) is 7.11. The average Bonchev–Trinajstić information content (AvgIpc) is 2.44. The number of aliphatic hydroxyl groups excluding tert-OH is 1. The molecule has 1 aliphatic carbocycles. The molecule has 4 heteroatoms.